The number of nitrogens with zero attached hydrogens (tertiary/aromatic N) is 2. The largest absolute Gasteiger partial charge is 0.368 e. The van der Waals surface area contributed by atoms with Crippen molar-refractivity contribution in [2.75, 3.05) is 5.32 Å². The Morgan fingerprint density at radius 3 is 2.03 bits per heavy atom. The smallest absolute Gasteiger partial charge is 0.294 e. The lowest BCUT2D eigenvalue weighted by Crippen LogP contribution is -2.46. The highest BCUT2D eigenvalue weighted by atomic mass is 32.2. The molecule has 1 aliphatic rings. The van der Waals surface area contributed by atoms with Gasteiger partial charge in [0.15, 0.2) is 0 Å². The van der Waals surface area contributed by atoms with Crippen LogP contribution in [-0.4, -0.2) is 33.2 Å². The number of anilines is 1. The molecule has 1 unspecified atom stereocenters. The van der Waals surface area contributed by atoms with Crippen LogP contribution < -0.4 is 15.2 Å². The fraction of sp³-hybridized carbons (Fsp3) is 0.294. The average Bonchev–Trinajstić information content (AvgIpc) is 2.68. The van der Waals surface area contributed by atoms with Gasteiger partial charge in [0.2, 0.25) is 20.0 Å². The molecule has 0 amide bonds. The lowest BCUT2D eigenvalue weighted by atomic mass is 10.0. The number of hydrogen-bond donors (Lipinski definition) is 3. The standard InChI is InChI=1S/C17H19N5O10S2/c1-10-2-14-16(7-15(10)33(18,27)28)34(29,30)20-17(19-14)6-11-3-12(8-31-21(23)24)5-13(4-11)9-32-22(25)26/h2-5,7,17,19-20H,6,8-9H2,1H3,(H2,18,27,28). The number of fused-ring (bicyclic) bond motifs is 1. The van der Waals surface area contributed by atoms with Crippen molar-refractivity contribution in [1.82, 2.24) is 4.72 Å². The van der Waals surface area contributed by atoms with Gasteiger partial charge in [0.1, 0.15) is 18.1 Å². The van der Waals surface area contributed by atoms with Gasteiger partial charge in [0.05, 0.1) is 16.7 Å². The monoisotopic (exact) mass is 517 g/mol. The van der Waals surface area contributed by atoms with Crippen LogP contribution in [0.15, 0.2) is 40.1 Å². The van der Waals surface area contributed by atoms with E-state index in [0.717, 1.165) is 6.07 Å². The number of primary sulfonamides is 1. The summed E-state index contributed by atoms with van der Waals surface area (Å²) in [5.41, 5.74) is 1.47. The summed E-state index contributed by atoms with van der Waals surface area (Å²) in [5.74, 6) is 0. The average molecular weight is 517 g/mol. The van der Waals surface area contributed by atoms with Gasteiger partial charge in [-0.2, -0.15) is 4.72 Å². The third-order valence-corrected chi connectivity index (χ3v) is 7.29. The van der Waals surface area contributed by atoms with Crippen LogP contribution in [0.4, 0.5) is 5.69 Å². The first-order chi connectivity index (χ1) is 15.7. The van der Waals surface area contributed by atoms with Crippen molar-refractivity contribution in [3.63, 3.8) is 0 Å². The normalized spacial score (nSPS) is 16.7. The van der Waals surface area contributed by atoms with E-state index in [0.29, 0.717) is 16.7 Å². The summed E-state index contributed by atoms with van der Waals surface area (Å²) in [7, 11) is -8.29. The van der Waals surface area contributed by atoms with E-state index in [-0.39, 0.29) is 27.5 Å². The number of sulfonamides is 2. The summed E-state index contributed by atoms with van der Waals surface area (Å²) >= 11 is 0. The maximum atomic E-state index is 12.8. The first kappa shape index (κ1) is 25.1. The van der Waals surface area contributed by atoms with E-state index in [4.69, 9.17) is 5.14 Å². The Bertz CT molecular complexity index is 1320. The fourth-order valence-corrected chi connectivity index (χ4v) is 5.67. The van der Waals surface area contributed by atoms with Crippen molar-refractivity contribution in [1.29, 1.82) is 0 Å². The minimum Gasteiger partial charge on any atom is -0.368 e. The van der Waals surface area contributed by atoms with Crippen molar-refractivity contribution >= 4 is 25.7 Å². The van der Waals surface area contributed by atoms with E-state index in [1.807, 2.05) is 0 Å². The molecular weight excluding hydrogens is 498 g/mol. The molecule has 0 aromatic heterocycles. The molecule has 2 aromatic rings. The molecule has 34 heavy (non-hydrogen) atoms. The predicted molar refractivity (Wildman–Crippen MR) is 114 cm³/mol. The minimum atomic E-state index is -4.15. The second kappa shape index (κ2) is 9.37. The Kier molecular flexibility index (Phi) is 6.92. The van der Waals surface area contributed by atoms with Crippen molar-refractivity contribution in [2.24, 2.45) is 5.14 Å². The van der Waals surface area contributed by atoms with Crippen LogP contribution >= 0.6 is 0 Å². The summed E-state index contributed by atoms with van der Waals surface area (Å²) in [6, 6.07) is 6.76. The molecule has 1 aliphatic heterocycles. The van der Waals surface area contributed by atoms with Gasteiger partial charge in [-0.15, -0.1) is 20.2 Å². The highest BCUT2D eigenvalue weighted by molar-refractivity contribution is 7.90. The van der Waals surface area contributed by atoms with E-state index in [1.165, 1.54) is 31.2 Å². The van der Waals surface area contributed by atoms with Crippen LogP contribution in [0, 0.1) is 27.2 Å². The molecule has 0 radical (unpaired) electrons. The maximum absolute atomic E-state index is 12.8. The first-order valence-corrected chi connectivity index (χ1v) is 12.4. The molecule has 0 aliphatic carbocycles. The molecule has 0 fully saturated rings. The Labute approximate surface area is 193 Å². The van der Waals surface area contributed by atoms with Gasteiger partial charge < -0.3 is 15.0 Å². The molecule has 15 nitrogen and oxygen atoms in total. The maximum Gasteiger partial charge on any atom is 0.294 e. The minimum absolute atomic E-state index is 0.0203. The number of rotatable bonds is 9. The second-order valence-electron chi connectivity index (χ2n) is 7.33. The van der Waals surface area contributed by atoms with Gasteiger partial charge >= 0.3 is 0 Å². The predicted octanol–water partition coefficient (Wildman–Crippen LogP) is 0.332. The summed E-state index contributed by atoms with van der Waals surface area (Å²) in [6.07, 6.45) is -0.875. The third-order valence-electron chi connectivity index (χ3n) is 4.73. The van der Waals surface area contributed by atoms with E-state index < -0.39 is 49.6 Å². The van der Waals surface area contributed by atoms with E-state index in [9.17, 15) is 37.1 Å². The van der Waals surface area contributed by atoms with Gasteiger partial charge in [-0.1, -0.05) is 18.2 Å². The van der Waals surface area contributed by atoms with Crippen LogP contribution in [0.1, 0.15) is 22.3 Å². The molecule has 0 saturated carbocycles. The van der Waals surface area contributed by atoms with E-state index >= 15 is 0 Å². The zero-order valence-electron chi connectivity index (χ0n) is 17.5. The van der Waals surface area contributed by atoms with Crippen molar-refractivity contribution in [2.45, 2.75) is 42.5 Å². The number of benzene rings is 2. The highest BCUT2D eigenvalue weighted by Crippen LogP contribution is 2.31. The molecule has 0 spiro atoms. The zero-order chi connectivity index (χ0) is 25.3. The molecule has 0 saturated heterocycles. The quantitative estimate of drug-likeness (QED) is 0.303. The molecule has 3 rings (SSSR count). The summed E-state index contributed by atoms with van der Waals surface area (Å²) in [5, 5.41) is 27.1. The zero-order valence-corrected chi connectivity index (χ0v) is 19.1. The van der Waals surface area contributed by atoms with Crippen LogP contribution in [0.5, 0.6) is 0 Å². The van der Waals surface area contributed by atoms with Gasteiger partial charge in [0, 0.05) is 6.42 Å². The number of aryl methyl sites for hydroxylation is 1. The lowest BCUT2D eigenvalue weighted by Gasteiger charge is -2.29. The summed E-state index contributed by atoms with van der Waals surface area (Å²) < 4.78 is 51.4. The van der Waals surface area contributed by atoms with Crippen LogP contribution in [-0.2, 0) is 49.4 Å². The van der Waals surface area contributed by atoms with Crippen LogP contribution in [0.2, 0.25) is 0 Å². The third kappa shape index (κ3) is 6.07. The number of nitrogens with two attached hydrogens (primary N) is 1. The number of hydrogen-bond acceptors (Lipinski definition) is 11. The van der Waals surface area contributed by atoms with Crippen LogP contribution in [0.3, 0.4) is 0 Å². The van der Waals surface area contributed by atoms with Gasteiger partial charge in [-0.25, -0.2) is 22.0 Å². The molecule has 1 heterocycles. The van der Waals surface area contributed by atoms with Gasteiger partial charge in [-0.3, -0.25) is 0 Å². The van der Waals surface area contributed by atoms with E-state index in [2.05, 4.69) is 19.7 Å². The Morgan fingerprint density at radius 1 is 1.00 bits per heavy atom. The molecular formula is C17H19N5O10S2. The molecule has 4 N–H and O–H groups in total. The topological polar surface area (TPSA) is 223 Å². The highest BCUT2D eigenvalue weighted by Gasteiger charge is 2.31. The molecule has 2 aromatic carbocycles. The fourth-order valence-electron chi connectivity index (χ4n) is 3.49. The Balaban J connectivity index is 1.91. The second-order valence-corrected chi connectivity index (χ2v) is 10.5. The number of nitrogens with one attached hydrogen (secondary N) is 2. The lowest BCUT2D eigenvalue weighted by molar-refractivity contribution is -0.763. The van der Waals surface area contributed by atoms with Gasteiger partial charge in [0.25, 0.3) is 10.2 Å². The Morgan fingerprint density at radius 2 is 1.53 bits per heavy atom. The van der Waals surface area contributed by atoms with Gasteiger partial charge in [-0.05, 0) is 41.3 Å². The molecule has 1 atom stereocenters. The first-order valence-electron chi connectivity index (χ1n) is 9.37. The summed E-state index contributed by atoms with van der Waals surface area (Å²) in [6.45, 7) is 0.592. The van der Waals surface area contributed by atoms with Crippen molar-refractivity contribution in [3.8, 4) is 0 Å². The van der Waals surface area contributed by atoms with Crippen LogP contribution in [0.25, 0.3) is 0 Å². The molecule has 184 valence electrons. The van der Waals surface area contributed by atoms with Crippen molar-refractivity contribution < 1.29 is 36.7 Å². The Hall–Kier alpha value is -3.54. The van der Waals surface area contributed by atoms with E-state index in [1.54, 1.807) is 0 Å². The molecule has 0 bridgehead atoms. The van der Waals surface area contributed by atoms with Crippen molar-refractivity contribution in [3.05, 3.63) is 72.8 Å². The molecule has 17 heteroatoms. The summed E-state index contributed by atoms with van der Waals surface area (Å²) in [4.78, 5) is 29.1. The SMILES string of the molecule is Cc1cc2c(cc1S(N)(=O)=O)S(=O)(=O)NC(Cc1cc(CO[N+](=O)[O-])cc(CO[N+](=O)[O-])c1)N2.